The first-order valence-corrected chi connectivity index (χ1v) is 8.25. The van der Waals surface area contributed by atoms with Gasteiger partial charge in [0.15, 0.2) is 0 Å². The minimum Gasteiger partial charge on any atom is -0.507 e. The minimum atomic E-state index is -0.260. The molecule has 0 saturated carbocycles. The smallest absolute Gasteiger partial charge is 0.244 e. The van der Waals surface area contributed by atoms with E-state index in [1.54, 1.807) is 6.92 Å². The largest absolute Gasteiger partial charge is 0.507 e. The third-order valence-corrected chi connectivity index (χ3v) is 4.25. The first-order valence-electron chi connectivity index (χ1n) is 6.66. The van der Waals surface area contributed by atoms with Crippen molar-refractivity contribution >= 4 is 43.5 Å². The Labute approximate surface area is 150 Å². The second-order valence-corrected chi connectivity index (χ2v) is 6.63. The molecule has 7 heteroatoms. The van der Waals surface area contributed by atoms with Gasteiger partial charge in [-0.05, 0) is 46.6 Å². The molecule has 0 aliphatic carbocycles. The van der Waals surface area contributed by atoms with Crippen molar-refractivity contribution in [3.63, 3.8) is 0 Å². The molecule has 1 amide bonds. The van der Waals surface area contributed by atoms with Crippen LogP contribution < -0.4 is 5.43 Å². The highest BCUT2D eigenvalue weighted by molar-refractivity contribution is 9.10. The van der Waals surface area contributed by atoms with Crippen molar-refractivity contribution in [1.29, 1.82) is 0 Å². The van der Waals surface area contributed by atoms with E-state index in [1.165, 1.54) is 12.1 Å². The molecule has 5 nitrogen and oxygen atoms in total. The molecule has 0 saturated heterocycles. The van der Waals surface area contributed by atoms with Crippen molar-refractivity contribution in [3.05, 3.63) is 56.5 Å². The Hall–Kier alpha value is -1.86. The Morgan fingerprint density at radius 1 is 1.13 bits per heavy atom. The number of phenols is 2. The number of amides is 1. The number of benzene rings is 2. The fraction of sp³-hybridized carbons (Fsp3) is 0.125. The van der Waals surface area contributed by atoms with E-state index in [-0.39, 0.29) is 23.8 Å². The maximum absolute atomic E-state index is 11.9. The van der Waals surface area contributed by atoms with Crippen LogP contribution in [0.5, 0.6) is 11.5 Å². The predicted molar refractivity (Wildman–Crippen MR) is 95.7 cm³/mol. The highest BCUT2D eigenvalue weighted by Gasteiger charge is 2.10. The molecule has 0 aromatic heterocycles. The highest BCUT2D eigenvalue weighted by atomic mass is 79.9. The summed E-state index contributed by atoms with van der Waals surface area (Å²) in [6.45, 7) is 1.65. The van der Waals surface area contributed by atoms with Gasteiger partial charge in [0.1, 0.15) is 11.5 Å². The van der Waals surface area contributed by atoms with E-state index >= 15 is 0 Å². The number of carbonyl (C=O) groups is 1. The Balaban J connectivity index is 2.05. The van der Waals surface area contributed by atoms with Crippen LogP contribution in [0.3, 0.4) is 0 Å². The van der Waals surface area contributed by atoms with Crippen LogP contribution in [0, 0.1) is 0 Å². The number of nitrogens with zero attached hydrogens (tertiary/aromatic N) is 1. The van der Waals surface area contributed by atoms with Crippen molar-refractivity contribution in [1.82, 2.24) is 5.43 Å². The van der Waals surface area contributed by atoms with Gasteiger partial charge in [0.2, 0.25) is 5.91 Å². The number of halogens is 2. The lowest BCUT2D eigenvalue weighted by molar-refractivity contribution is -0.120. The molecule has 2 aromatic rings. The molecule has 0 bridgehead atoms. The molecular formula is C16H14Br2N2O3. The summed E-state index contributed by atoms with van der Waals surface area (Å²) in [6.07, 6.45) is 0.204. The summed E-state index contributed by atoms with van der Waals surface area (Å²) in [5.41, 5.74) is 4.16. The zero-order valence-electron chi connectivity index (χ0n) is 12.2. The van der Waals surface area contributed by atoms with Crippen LogP contribution in [0.1, 0.15) is 18.1 Å². The van der Waals surface area contributed by atoms with Crippen LogP contribution in [0.4, 0.5) is 0 Å². The number of phenolic OH excluding ortho intramolecular Hbond substituents is 2. The zero-order valence-corrected chi connectivity index (χ0v) is 15.3. The van der Waals surface area contributed by atoms with E-state index in [2.05, 4.69) is 42.4 Å². The van der Waals surface area contributed by atoms with Crippen molar-refractivity contribution < 1.29 is 15.0 Å². The molecule has 0 heterocycles. The maximum atomic E-state index is 11.9. The fourth-order valence-corrected chi connectivity index (χ4v) is 2.48. The third-order valence-electron chi connectivity index (χ3n) is 3.08. The van der Waals surface area contributed by atoms with Gasteiger partial charge in [0, 0.05) is 16.1 Å². The van der Waals surface area contributed by atoms with Crippen LogP contribution in [0.2, 0.25) is 0 Å². The molecule has 0 unspecified atom stereocenters. The monoisotopic (exact) mass is 440 g/mol. The van der Waals surface area contributed by atoms with Gasteiger partial charge in [0.25, 0.3) is 0 Å². The SMILES string of the molecule is C/C(=N\NC(=O)Cc1ccc(Br)cc1)c1cc(Br)c(O)cc1O. The second kappa shape index (κ2) is 7.61. The number of hydrogen-bond donors (Lipinski definition) is 3. The molecule has 2 aromatic carbocycles. The first kappa shape index (κ1) is 17.5. The van der Waals surface area contributed by atoms with Crippen molar-refractivity contribution in [2.24, 2.45) is 5.10 Å². The van der Waals surface area contributed by atoms with Gasteiger partial charge in [-0.25, -0.2) is 5.43 Å². The number of hydrogen-bond acceptors (Lipinski definition) is 4. The van der Waals surface area contributed by atoms with Gasteiger partial charge in [-0.2, -0.15) is 5.10 Å². The molecule has 0 aliphatic heterocycles. The lowest BCUT2D eigenvalue weighted by atomic mass is 10.1. The van der Waals surface area contributed by atoms with E-state index in [1.807, 2.05) is 24.3 Å². The second-order valence-electron chi connectivity index (χ2n) is 4.86. The lowest BCUT2D eigenvalue weighted by Crippen LogP contribution is -2.21. The Bertz CT molecular complexity index is 759. The van der Waals surface area contributed by atoms with Crippen LogP contribution in [-0.2, 0) is 11.2 Å². The normalized spacial score (nSPS) is 11.3. The molecule has 0 atom stereocenters. The first-order chi connectivity index (χ1) is 10.9. The average molecular weight is 442 g/mol. The van der Waals surface area contributed by atoms with Crippen LogP contribution in [0.25, 0.3) is 0 Å². The molecular weight excluding hydrogens is 428 g/mol. The van der Waals surface area contributed by atoms with Crippen molar-refractivity contribution in [2.45, 2.75) is 13.3 Å². The number of rotatable bonds is 4. The quantitative estimate of drug-likeness (QED) is 0.499. The third kappa shape index (κ3) is 4.80. The Kier molecular flexibility index (Phi) is 5.79. The van der Waals surface area contributed by atoms with Gasteiger partial charge in [-0.3, -0.25) is 4.79 Å². The molecule has 120 valence electrons. The summed E-state index contributed by atoms with van der Waals surface area (Å²) in [4.78, 5) is 11.9. The van der Waals surface area contributed by atoms with Crippen molar-refractivity contribution in [2.75, 3.05) is 0 Å². The summed E-state index contributed by atoms with van der Waals surface area (Å²) in [7, 11) is 0. The van der Waals surface area contributed by atoms with E-state index in [9.17, 15) is 15.0 Å². The Morgan fingerprint density at radius 3 is 2.43 bits per heavy atom. The maximum Gasteiger partial charge on any atom is 0.244 e. The summed E-state index contributed by atoms with van der Waals surface area (Å²) in [5.74, 6) is -0.448. The molecule has 23 heavy (non-hydrogen) atoms. The van der Waals surface area contributed by atoms with Crippen molar-refractivity contribution in [3.8, 4) is 11.5 Å². The van der Waals surface area contributed by atoms with E-state index in [0.29, 0.717) is 15.7 Å². The summed E-state index contributed by atoms with van der Waals surface area (Å²) in [6, 6.07) is 10.2. The fourth-order valence-electron chi connectivity index (χ4n) is 1.87. The summed E-state index contributed by atoms with van der Waals surface area (Å²) < 4.78 is 1.38. The predicted octanol–water partition coefficient (Wildman–Crippen LogP) is 3.71. The highest BCUT2D eigenvalue weighted by Crippen LogP contribution is 2.31. The lowest BCUT2D eigenvalue weighted by Gasteiger charge is -2.07. The standard InChI is InChI=1S/C16H14Br2N2O3/c1-9(12-7-13(18)15(22)8-14(12)21)19-20-16(23)6-10-2-4-11(17)5-3-10/h2-5,7-8,21-22H,6H2,1H3,(H,20,23)/b19-9+. The summed E-state index contributed by atoms with van der Waals surface area (Å²) in [5, 5.41) is 23.3. The number of hydrazone groups is 1. The van der Waals surface area contributed by atoms with Crippen LogP contribution in [-0.4, -0.2) is 21.8 Å². The topological polar surface area (TPSA) is 81.9 Å². The van der Waals surface area contributed by atoms with Gasteiger partial charge >= 0.3 is 0 Å². The van der Waals surface area contributed by atoms with Crippen LogP contribution >= 0.6 is 31.9 Å². The molecule has 0 aliphatic rings. The number of carbonyl (C=O) groups excluding carboxylic acids is 1. The molecule has 2 rings (SSSR count). The van der Waals surface area contributed by atoms with E-state index in [0.717, 1.165) is 10.0 Å². The molecule has 3 N–H and O–H groups in total. The van der Waals surface area contributed by atoms with Gasteiger partial charge in [0.05, 0.1) is 16.6 Å². The van der Waals surface area contributed by atoms with Gasteiger partial charge < -0.3 is 10.2 Å². The molecule has 0 spiro atoms. The molecule has 0 radical (unpaired) electrons. The van der Waals surface area contributed by atoms with Gasteiger partial charge in [-0.15, -0.1) is 0 Å². The minimum absolute atomic E-state index is 0.0710. The number of aromatic hydroxyl groups is 2. The zero-order chi connectivity index (χ0) is 17.0. The van der Waals surface area contributed by atoms with Gasteiger partial charge in [-0.1, -0.05) is 28.1 Å². The average Bonchev–Trinajstić information content (AvgIpc) is 2.51. The van der Waals surface area contributed by atoms with E-state index in [4.69, 9.17) is 0 Å². The number of nitrogens with one attached hydrogen (secondary N) is 1. The van der Waals surface area contributed by atoms with E-state index < -0.39 is 0 Å². The summed E-state index contributed by atoms with van der Waals surface area (Å²) >= 11 is 6.51. The van der Waals surface area contributed by atoms with Crippen LogP contribution in [0.15, 0.2) is 50.4 Å². The Morgan fingerprint density at radius 2 is 1.78 bits per heavy atom. The molecule has 0 fully saturated rings.